The Balaban J connectivity index is 1.20. The van der Waals surface area contributed by atoms with Crippen molar-refractivity contribution in [3.63, 3.8) is 0 Å². The number of amides is 1. The highest BCUT2D eigenvalue weighted by Gasteiger charge is 2.44. The van der Waals surface area contributed by atoms with Crippen molar-refractivity contribution in [3.8, 4) is 11.8 Å². The summed E-state index contributed by atoms with van der Waals surface area (Å²) in [7, 11) is 0. The highest BCUT2D eigenvalue weighted by molar-refractivity contribution is 7.98. The average molecular weight is 525 g/mol. The zero-order valence-electron chi connectivity index (χ0n) is 22.7. The van der Waals surface area contributed by atoms with Gasteiger partial charge in [-0.2, -0.15) is 5.26 Å². The van der Waals surface area contributed by atoms with Gasteiger partial charge in [0.2, 0.25) is 0 Å². The van der Waals surface area contributed by atoms with Gasteiger partial charge in [0.1, 0.15) is 11.9 Å². The standard InChI is InChI=1S/C33H36N2O2S/c1-22-8-13-26(33(2,3)4)17-31(22)38-21-23-9-11-25(12-10-23)32(36)35-27-14-15-28(35)19-30(18-27)37-29-7-5-6-24(16-29)20-34/h5-13,16-17,27-28,30H,14-15,18-19,21H2,1-4H3/t27-,28-/m0/s1. The molecule has 0 saturated carbocycles. The van der Waals surface area contributed by atoms with Crippen LogP contribution >= 0.6 is 11.8 Å². The molecule has 0 N–H and O–H groups in total. The van der Waals surface area contributed by atoms with Crippen LogP contribution in [-0.2, 0) is 11.2 Å². The molecular formula is C33H36N2O2S. The molecule has 5 rings (SSSR count). The van der Waals surface area contributed by atoms with E-state index in [4.69, 9.17) is 10.00 Å². The number of carbonyl (C=O) groups is 1. The molecule has 0 unspecified atom stereocenters. The highest BCUT2D eigenvalue weighted by atomic mass is 32.2. The lowest BCUT2D eigenvalue weighted by atomic mass is 9.87. The Kier molecular flexibility index (Phi) is 7.54. The van der Waals surface area contributed by atoms with E-state index in [2.05, 4.69) is 69.0 Å². The van der Waals surface area contributed by atoms with Gasteiger partial charge in [0.15, 0.2) is 0 Å². The Hall–Kier alpha value is -3.23. The number of hydrogen-bond acceptors (Lipinski definition) is 4. The van der Waals surface area contributed by atoms with Crippen molar-refractivity contribution in [2.45, 2.75) is 87.6 Å². The largest absolute Gasteiger partial charge is 0.490 e. The van der Waals surface area contributed by atoms with E-state index in [1.807, 2.05) is 36.0 Å². The number of thioether (sulfide) groups is 1. The Morgan fingerprint density at radius 1 is 1.03 bits per heavy atom. The first kappa shape index (κ1) is 26.4. The van der Waals surface area contributed by atoms with Gasteiger partial charge in [-0.15, -0.1) is 11.8 Å². The number of ether oxygens (including phenoxy) is 1. The van der Waals surface area contributed by atoms with Gasteiger partial charge in [-0.05, 0) is 78.3 Å². The van der Waals surface area contributed by atoms with Gasteiger partial charge in [-0.3, -0.25) is 4.79 Å². The van der Waals surface area contributed by atoms with Gasteiger partial charge in [0.05, 0.1) is 11.6 Å². The van der Waals surface area contributed by atoms with E-state index >= 15 is 0 Å². The third-order valence-electron chi connectivity index (χ3n) is 7.84. The number of fused-ring (bicyclic) bond motifs is 2. The minimum absolute atomic E-state index is 0.0742. The molecule has 2 aliphatic rings. The number of benzene rings is 3. The molecule has 2 saturated heterocycles. The van der Waals surface area contributed by atoms with Crippen molar-refractivity contribution in [3.05, 3.63) is 94.5 Å². The van der Waals surface area contributed by atoms with Gasteiger partial charge in [-0.25, -0.2) is 0 Å². The van der Waals surface area contributed by atoms with Crippen LogP contribution in [0, 0.1) is 18.3 Å². The SMILES string of the molecule is Cc1ccc(C(C)(C)C)cc1SCc1ccc(C(=O)N2[C@H]3CC[C@H]2CC(Oc2cccc(C#N)c2)C3)cc1. The molecule has 5 heteroatoms. The molecule has 3 aromatic rings. The molecule has 3 aromatic carbocycles. The first-order chi connectivity index (χ1) is 18.2. The molecule has 196 valence electrons. The first-order valence-electron chi connectivity index (χ1n) is 13.5. The monoisotopic (exact) mass is 524 g/mol. The predicted octanol–water partition coefficient (Wildman–Crippen LogP) is 7.67. The van der Waals surface area contributed by atoms with E-state index < -0.39 is 0 Å². The molecule has 0 aliphatic carbocycles. The summed E-state index contributed by atoms with van der Waals surface area (Å²) < 4.78 is 6.23. The second-order valence-corrected chi connectivity index (χ2v) is 12.7. The van der Waals surface area contributed by atoms with Gasteiger partial charge < -0.3 is 9.64 Å². The summed E-state index contributed by atoms with van der Waals surface area (Å²) in [6.07, 6.45) is 3.79. The average Bonchev–Trinajstić information content (AvgIpc) is 3.17. The van der Waals surface area contributed by atoms with E-state index in [0.717, 1.165) is 42.7 Å². The van der Waals surface area contributed by atoms with Crippen LogP contribution in [-0.4, -0.2) is 29.0 Å². The van der Waals surface area contributed by atoms with Crippen LogP contribution in [0.25, 0.3) is 0 Å². The molecule has 4 nitrogen and oxygen atoms in total. The molecule has 2 aliphatic heterocycles. The van der Waals surface area contributed by atoms with E-state index in [1.54, 1.807) is 12.1 Å². The van der Waals surface area contributed by atoms with E-state index in [9.17, 15) is 4.79 Å². The van der Waals surface area contributed by atoms with Crippen molar-refractivity contribution >= 4 is 17.7 Å². The second kappa shape index (κ2) is 10.9. The highest BCUT2D eigenvalue weighted by Crippen LogP contribution is 2.38. The quantitative estimate of drug-likeness (QED) is 0.311. The lowest BCUT2D eigenvalue weighted by Crippen LogP contribution is -2.49. The van der Waals surface area contributed by atoms with Crippen molar-refractivity contribution in [1.82, 2.24) is 4.90 Å². The number of nitrogens with zero attached hydrogens (tertiary/aromatic N) is 2. The second-order valence-electron chi connectivity index (χ2n) is 11.7. The fourth-order valence-corrected chi connectivity index (χ4v) is 6.68. The Morgan fingerprint density at radius 2 is 1.74 bits per heavy atom. The fourth-order valence-electron chi connectivity index (χ4n) is 5.66. The molecule has 0 aromatic heterocycles. The molecule has 2 atom stereocenters. The van der Waals surface area contributed by atoms with Crippen molar-refractivity contribution in [1.29, 1.82) is 5.26 Å². The molecule has 2 heterocycles. The van der Waals surface area contributed by atoms with Crippen LogP contribution < -0.4 is 4.74 Å². The third kappa shape index (κ3) is 5.76. The number of aryl methyl sites for hydroxylation is 1. The zero-order chi connectivity index (χ0) is 26.9. The fraction of sp³-hybridized carbons (Fsp3) is 0.394. The normalized spacial score (nSPS) is 20.7. The van der Waals surface area contributed by atoms with E-state index in [1.165, 1.54) is 21.6 Å². The molecule has 2 bridgehead atoms. The zero-order valence-corrected chi connectivity index (χ0v) is 23.6. The number of rotatable bonds is 6. The summed E-state index contributed by atoms with van der Waals surface area (Å²) in [5.41, 5.74) is 5.38. The molecule has 0 radical (unpaired) electrons. The summed E-state index contributed by atoms with van der Waals surface area (Å²) in [6, 6.07) is 24.9. The van der Waals surface area contributed by atoms with Crippen LogP contribution in [0.4, 0.5) is 0 Å². The van der Waals surface area contributed by atoms with Gasteiger partial charge in [0.25, 0.3) is 5.91 Å². The summed E-state index contributed by atoms with van der Waals surface area (Å²) in [5.74, 6) is 1.75. The molecular weight excluding hydrogens is 488 g/mol. The minimum atomic E-state index is 0.0742. The minimum Gasteiger partial charge on any atom is -0.490 e. The Bertz CT molecular complexity index is 1340. The number of piperidine rings is 1. The van der Waals surface area contributed by atoms with Crippen molar-refractivity contribution in [2.24, 2.45) is 0 Å². The van der Waals surface area contributed by atoms with Crippen LogP contribution in [0.2, 0.25) is 0 Å². The summed E-state index contributed by atoms with van der Waals surface area (Å²) in [6.45, 7) is 8.91. The third-order valence-corrected chi connectivity index (χ3v) is 9.07. The lowest BCUT2D eigenvalue weighted by molar-refractivity contribution is 0.0359. The maximum atomic E-state index is 13.5. The van der Waals surface area contributed by atoms with Crippen LogP contribution in [0.1, 0.15) is 79.1 Å². The Labute approximate surface area is 231 Å². The maximum absolute atomic E-state index is 13.5. The number of nitriles is 1. The number of hydrogen-bond donors (Lipinski definition) is 0. The van der Waals surface area contributed by atoms with Gasteiger partial charge in [0, 0.05) is 41.1 Å². The predicted molar refractivity (Wildman–Crippen MR) is 154 cm³/mol. The van der Waals surface area contributed by atoms with Gasteiger partial charge in [-0.1, -0.05) is 51.1 Å². The maximum Gasteiger partial charge on any atom is 0.254 e. The van der Waals surface area contributed by atoms with Crippen molar-refractivity contribution < 1.29 is 9.53 Å². The van der Waals surface area contributed by atoms with E-state index in [-0.39, 0.29) is 29.5 Å². The molecule has 38 heavy (non-hydrogen) atoms. The molecule has 0 spiro atoms. The summed E-state index contributed by atoms with van der Waals surface area (Å²) in [4.78, 5) is 16.9. The van der Waals surface area contributed by atoms with Crippen LogP contribution in [0.15, 0.2) is 71.6 Å². The smallest absolute Gasteiger partial charge is 0.254 e. The van der Waals surface area contributed by atoms with Crippen LogP contribution in [0.3, 0.4) is 0 Å². The van der Waals surface area contributed by atoms with Crippen molar-refractivity contribution in [2.75, 3.05) is 0 Å². The first-order valence-corrected chi connectivity index (χ1v) is 14.5. The van der Waals surface area contributed by atoms with E-state index in [0.29, 0.717) is 5.56 Å². The lowest BCUT2D eigenvalue weighted by Gasteiger charge is -2.39. The number of carbonyl (C=O) groups excluding carboxylic acids is 1. The molecule has 1 amide bonds. The van der Waals surface area contributed by atoms with Gasteiger partial charge >= 0.3 is 0 Å². The summed E-state index contributed by atoms with van der Waals surface area (Å²) >= 11 is 1.86. The Morgan fingerprint density at radius 3 is 2.39 bits per heavy atom. The topological polar surface area (TPSA) is 53.3 Å². The summed E-state index contributed by atoms with van der Waals surface area (Å²) in [5, 5.41) is 9.16. The van der Waals surface area contributed by atoms with Crippen LogP contribution in [0.5, 0.6) is 5.75 Å². The molecule has 2 fully saturated rings.